The van der Waals surface area contributed by atoms with E-state index in [1.165, 1.54) is 12.0 Å². The van der Waals surface area contributed by atoms with E-state index in [0.717, 1.165) is 5.75 Å². The lowest BCUT2D eigenvalue weighted by molar-refractivity contribution is -0.143. The Morgan fingerprint density at radius 3 is 2.79 bits per heavy atom. The fraction of sp³-hybridized carbons (Fsp3) is 0.526. The molecule has 0 unspecified atom stereocenters. The minimum absolute atomic E-state index is 0.191. The van der Waals surface area contributed by atoms with E-state index in [1.807, 2.05) is 6.26 Å². The first-order valence-corrected chi connectivity index (χ1v) is 11.0. The van der Waals surface area contributed by atoms with Crippen LogP contribution >= 0.6 is 23.4 Å². The van der Waals surface area contributed by atoms with Gasteiger partial charge in [0.1, 0.15) is 5.54 Å². The van der Waals surface area contributed by atoms with Crippen molar-refractivity contribution in [1.29, 1.82) is 0 Å². The van der Waals surface area contributed by atoms with Crippen LogP contribution in [0.4, 0.5) is 5.69 Å². The number of anilines is 1. The molecule has 2 saturated heterocycles. The second kappa shape index (κ2) is 7.33. The van der Waals surface area contributed by atoms with Crippen molar-refractivity contribution in [1.82, 2.24) is 10.2 Å². The second-order valence-electron chi connectivity index (χ2n) is 7.28. The Labute approximate surface area is 172 Å². The predicted molar refractivity (Wildman–Crippen MR) is 107 cm³/mol. The van der Waals surface area contributed by atoms with E-state index >= 15 is 0 Å². The van der Waals surface area contributed by atoms with Crippen LogP contribution in [0.15, 0.2) is 18.2 Å². The molecule has 0 bridgehead atoms. The molecule has 0 saturated carbocycles. The van der Waals surface area contributed by atoms with Crippen molar-refractivity contribution >= 4 is 46.8 Å². The zero-order chi connectivity index (χ0) is 20.1. The van der Waals surface area contributed by atoms with E-state index in [4.69, 9.17) is 16.3 Å². The Bertz CT molecular complexity index is 850. The van der Waals surface area contributed by atoms with Gasteiger partial charge in [0.25, 0.3) is 0 Å². The molecular weight excluding hydrogens is 402 g/mol. The number of methoxy groups -OCH3 is 1. The van der Waals surface area contributed by atoms with E-state index in [1.54, 1.807) is 30.0 Å². The molecule has 28 heavy (non-hydrogen) atoms. The van der Waals surface area contributed by atoms with Crippen LogP contribution in [-0.2, 0) is 24.7 Å². The molecule has 3 amide bonds. The number of amides is 3. The van der Waals surface area contributed by atoms with E-state index in [-0.39, 0.29) is 36.9 Å². The molecule has 2 fully saturated rings. The molecule has 1 aromatic rings. The van der Waals surface area contributed by atoms with Crippen molar-refractivity contribution in [3.05, 3.63) is 28.8 Å². The molecule has 1 spiro atoms. The molecule has 2 N–H and O–H groups in total. The van der Waals surface area contributed by atoms with Gasteiger partial charge in [-0.3, -0.25) is 24.6 Å². The summed E-state index contributed by atoms with van der Waals surface area (Å²) in [4.78, 5) is 40.9. The summed E-state index contributed by atoms with van der Waals surface area (Å²) >= 11 is 7.96. The smallest absolute Gasteiger partial charge is 0.250 e. The van der Waals surface area contributed by atoms with Crippen molar-refractivity contribution in [3.8, 4) is 0 Å². The van der Waals surface area contributed by atoms with Gasteiger partial charge < -0.3 is 10.1 Å². The number of thioether (sulfide) groups is 1. The number of para-hydroxylation sites is 1. The topological polar surface area (TPSA) is 87.7 Å². The highest BCUT2D eigenvalue weighted by Gasteiger charge is 2.70. The molecule has 0 aromatic heterocycles. The van der Waals surface area contributed by atoms with Gasteiger partial charge in [0.05, 0.1) is 35.7 Å². The molecule has 3 aliphatic heterocycles. The molecule has 3 heterocycles. The van der Waals surface area contributed by atoms with Crippen LogP contribution in [0.5, 0.6) is 0 Å². The van der Waals surface area contributed by atoms with Gasteiger partial charge in [-0.05, 0) is 24.5 Å². The number of ether oxygens (including phenoxy) is 1. The van der Waals surface area contributed by atoms with E-state index in [9.17, 15) is 14.4 Å². The maximum Gasteiger partial charge on any atom is 0.250 e. The number of hydrogen-bond acceptors (Lipinski definition) is 6. The minimum Gasteiger partial charge on any atom is -0.383 e. The van der Waals surface area contributed by atoms with Gasteiger partial charge in [-0.15, -0.1) is 0 Å². The highest BCUT2D eigenvalue weighted by molar-refractivity contribution is 7.98. The Kier molecular flexibility index (Phi) is 5.16. The van der Waals surface area contributed by atoms with Crippen LogP contribution in [-0.4, -0.2) is 60.9 Å². The number of carbonyl (C=O) groups excluding carboxylic acids is 3. The average Bonchev–Trinajstić information content (AvgIpc) is 3.25. The molecule has 4 rings (SSSR count). The SMILES string of the molecule is COCCN1C(=O)[C@@H]2[C@H](CCSC)N[C@@]3(C(=O)Nc4c(Cl)cccc43)[C@@H]2C1=O. The van der Waals surface area contributed by atoms with Crippen molar-refractivity contribution < 1.29 is 19.1 Å². The van der Waals surface area contributed by atoms with E-state index < -0.39 is 17.4 Å². The normalized spacial score (nSPS) is 30.9. The third kappa shape index (κ3) is 2.62. The highest BCUT2D eigenvalue weighted by atomic mass is 35.5. The summed E-state index contributed by atoms with van der Waals surface area (Å²) < 4.78 is 5.06. The zero-order valence-corrected chi connectivity index (χ0v) is 17.2. The molecule has 1 aromatic carbocycles. The van der Waals surface area contributed by atoms with Gasteiger partial charge >= 0.3 is 0 Å². The molecule has 0 radical (unpaired) electrons. The highest BCUT2D eigenvalue weighted by Crippen LogP contribution is 2.54. The number of rotatable bonds is 6. The van der Waals surface area contributed by atoms with Gasteiger partial charge in [0.15, 0.2) is 0 Å². The summed E-state index contributed by atoms with van der Waals surface area (Å²) in [6.45, 7) is 0.456. The first-order chi connectivity index (χ1) is 13.5. The lowest BCUT2D eigenvalue weighted by atomic mass is 9.76. The number of nitrogens with zero attached hydrogens (tertiary/aromatic N) is 1. The third-order valence-corrected chi connectivity index (χ3v) is 6.90. The predicted octanol–water partition coefficient (Wildman–Crippen LogP) is 1.46. The largest absolute Gasteiger partial charge is 0.383 e. The zero-order valence-electron chi connectivity index (χ0n) is 15.7. The Hall–Kier alpha value is -1.61. The molecule has 9 heteroatoms. The van der Waals surface area contributed by atoms with Crippen molar-refractivity contribution in [2.45, 2.75) is 18.0 Å². The second-order valence-corrected chi connectivity index (χ2v) is 8.67. The van der Waals surface area contributed by atoms with Crippen molar-refractivity contribution in [3.63, 3.8) is 0 Å². The summed E-state index contributed by atoms with van der Waals surface area (Å²) in [6, 6.07) is 5.00. The van der Waals surface area contributed by atoms with Crippen molar-refractivity contribution in [2.75, 3.05) is 37.6 Å². The Morgan fingerprint density at radius 2 is 2.07 bits per heavy atom. The number of likely N-dealkylation sites (tertiary alicyclic amines) is 1. The fourth-order valence-electron chi connectivity index (χ4n) is 4.75. The molecule has 4 atom stereocenters. The summed E-state index contributed by atoms with van der Waals surface area (Å²) in [7, 11) is 1.53. The molecule has 3 aliphatic rings. The van der Waals surface area contributed by atoms with Crippen LogP contribution in [0.1, 0.15) is 12.0 Å². The maximum atomic E-state index is 13.3. The first kappa shape index (κ1) is 19.7. The molecule has 150 valence electrons. The third-order valence-electron chi connectivity index (χ3n) is 5.94. The van der Waals surface area contributed by atoms with Crippen LogP contribution in [0.25, 0.3) is 0 Å². The molecule has 7 nitrogen and oxygen atoms in total. The summed E-state index contributed by atoms with van der Waals surface area (Å²) in [5.41, 5.74) is -0.120. The minimum atomic E-state index is -1.28. The van der Waals surface area contributed by atoms with Crippen molar-refractivity contribution in [2.24, 2.45) is 11.8 Å². The van der Waals surface area contributed by atoms with E-state index in [0.29, 0.717) is 22.7 Å². The summed E-state index contributed by atoms with van der Waals surface area (Å²) in [6.07, 6.45) is 2.68. The quantitative estimate of drug-likeness (QED) is 0.673. The van der Waals surface area contributed by atoms with Gasteiger partial charge in [-0.25, -0.2) is 0 Å². The number of benzene rings is 1. The maximum absolute atomic E-state index is 13.3. The first-order valence-electron chi connectivity index (χ1n) is 9.18. The number of fused-ring (bicyclic) bond motifs is 4. The molecule has 0 aliphatic carbocycles. The monoisotopic (exact) mass is 423 g/mol. The van der Waals surface area contributed by atoms with Crippen LogP contribution in [0, 0.1) is 11.8 Å². The van der Waals surface area contributed by atoms with Crippen LogP contribution in [0.2, 0.25) is 5.02 Å². The average molecular weight is 424 g/mol. The van der Waals surface area contributed by atoms with Gasteiger partial charge in [0.2, 0.25) is 17.7 Å². The Balaban J connectivity index is 1.82. The summed E-state index contributed by atoms with van der Waals surface area (Å²) in [5, 5.41) is 6.64. The lowest BCUT2D eigenvalue weighted by Gasteiger charge is -2.29. The number of carbonyl (C=O) groups is 3. The fourth-order valence-corrected chi connectivity index (χ4v) is 5.46. The van der Waals surface area contributed by atoms with Crippen LogP contribution in [0.3, 0.4) is 0 Å². The number of imide groups is 1. The Morgan fingerprint density at radius 1 is 1.29 bits per heavy atom. The number of halogens is 1. The molecular formula is C19H22ClN3O4S. The standard InChI is InChI=1S/C19H22ClN3O4S/c1-27-8-7-23-16(24)13-12(6-9-28-2)22-19(14(13)17(23)25)10-4-3-5-11(20)15(10)21-18(19)26/h3-5,12-14,22H,6-9H2,1-2H3,(H,21,26)/t12-,13+,14-,19+/m0/s1. The lowest BCUT2D eigenvalue weighted by Crippen LogP contribution is -2.53. The van der Waals surface area contributed by atoms with Gasteiger partial charge in [-0.2, -0.15) is 11.8 Å². The number of hydrogen-bond donors (Lipinski definition) is 2. The van der Waals surface area contributed by atoms with Gasteiger partial charge in [-0.1, -0.05) is 23.7 Å². The number of nitrogens with one attached hydrogen (secondary N) is 2. The van der Waals surface area contributed by atoms with E-state index in [2.05, 4.69) is 10.6 Å². The van der Waals surface area contributed by atoms with Crippen LogP contribution < -0.4 is 10.6 Å². The summed E-state index contributed by atoms with van der Waals surface area (Å²) in [5.74, 6) is -1.43. The van der Waals surface area contributed by atoms with Gasteiger partial charge in [0, 0.05) is 18.7 Å².